The number of hydrogen-bond acceptors (Lipinski definition) is 4. The molecule has 1 saturated heterocycles. The Balaban J connectivity index is 1.73. The van der Waals surface area contributed by atoms with E-state index in [9.17, 15) is 9.18 Å². The van der Waals surface area contributed by atoms with Crippen LogP contribution >= 0.6 is 11.8 Å². The van der Waals surface area contributed by atoms with Crippen molar-refractivity contribution in [2.24, 2.45) is 5.92 Å². The molecule has 1 aliphatic heterocycles. The number of carbonyl (C=O) groups excluding carboxylic acids is 1. The third-order valence-electron chi connectivity index (χ3n) is 3.53. The zero-order valence-corrected chi connectivity index (χ0v) is 12.5. The molecule has 1 heterocycles. The normalized spacial score (nSPS) is 19.8. The van der Waals surface area contributed by atoms with Gasteiger partial charge in [-0.3, -0.25) is 4.79 Å². The van der Waals surface area contributed by atoms with Crippen LogP contribution in [0.4, 0.5) is 4.39 Å². The van der Waals surface area contributed by atoms with Crippen molar-refractivity contribution in [3.63, 3.8) is 0 Å². The third kappa shape index (κ3) is 4.49. The SMILES string of the molecule is COC(=O)[C@H]1CCCN(CCSc2ccc(F)cc2)C1. The molecule has 0 amide bonds. The average Bonchev–Trinajstić information content (AvgIpc) is 2.49. The van der Waals surface area contributed by atoms with Crippen LogP contribution in [0.15, 0.2) is 29.2 Å². The lowest BCUT2D eigenvalue weighted by atomic mass is 9.98. The molecule has 0 aliphatic carbocycles. The number of nitrogens with zero attached hydrogens (tertiary/aromatic N) is 1. The smallest absolute Gasteiger partial charge is 0.309 e. The first-order chi connectivity index (χ1) is 9.69. The number of esters is 1. The van der Waals surface area contributed by atoms with Crippen LogP contribution in [0.3, 0.4) is 0 Å². The fourth-order valence-corrected chi connectivity index (χ4v) is 3.35. The third-order valence-corrected chi connectivity index (χ3v) is 4.52. The molecule has 0 radical (unpaired) electrons. The molecule has 0 aromatic heterocycles. The van der Waals surface area contributed by atoms with Crippen LogP contribution in [0.5, 0.6) is 0 Å². The van der Waals surface area contributed by atoms with E-state index in [1.807, 2.05) is 0 Å². The van der Waals surface area contributed by atoms with E-state index in [2.05, 4.69) is 4.90 Å². The lowest BCUT2D eigenvalue weighted by Gasteiger charge is -2.31. The van der Waals surface area contributed by atoms with Crippen LogP contribution < -0.4 is 0 Å². The van der Waals surface area contributed by atoms with Crippen molar-refractivity contribution in [2.75, 3.05) is 32.5 Å². The maximum Gasteiger partial charge on any atom is 0.309 e. The van der Waals surface area contributed by atoms with Gasteiger partial charge in [-0.2, -0.15) is 0 Å². The predicted molar refractivity (Wildman–Crippen MR) is 78.3 cm³/mol. The average molecular weight is 297 g/mol. The first-order valence-electron chi connectivity index (χ1n) is 6.87. The molecule has 0 N–H and O–H groups in total. The number of ether oxygens (including phenoxy) is 1. The zero-order valence-electron chi connectivity index (χ0n) is 11.7. The highest BCUT2D eigenvalue weighted by Gasteiger charge is 2.25. The van der Waals surface area contributed by atoms with E-state index in [0.29, 0.717) is 0 Å². The van der Waals surface area contributed by atoms with Crippen molar-refractivity contribution in [1.29, 1.82) is 0 Å². The van der Waals surface area contributed by atoms with Crippen LogP contribution in [-0.2, 0) is 9.53 Å². The molecule has 1 aromatic rings. The molecule has 110 valence electrons. The Morgan fingerprint density at radius 1 is 1.45 bits per heavy atom. The Morgan fingerprint density at radius 2 is 2.20 bits per heavy atom. The number of rotatable bonds is 5. The molecular formula is C15H20FNO2S. The number of thioether (sulfide) groups is 1. The van der Waals surface area contributed by atoms with Gasteiger partial charge in [-0.25, -0.2) is 4.39 Å². The minimum atomic E-state index is -0.202. The molecule has 0 saturated carbocycles. The molecule has 1 aliphatic rings. The second-order valence-electron chi connectivity index (χ2n) is 4.97. The van der Waals surface area contributed by atoms with Crippen molar-refractivity contribution < 1.29 is 13.9 Å². The van der Waals surface area contributed by atoms with Crippen LogP contribution in [-0.4, -0.2) is 43.4 Å². The lowest BCUT2D eigenvalue weighted by Crippen LogP contribution is -2.40. The van der Waals surface area contributed by atoms with Gasteiger partial charge >= 0.3 is 5.97 Å². The molecule has 0 unspecified atom stereocenters. The summed E-state index contributed by atoms with van der Waals surface area (Å²) in [5.74, 6) is 0.663. The van der Waals surface area contributed by atoms with E-state index in [1.54, 1.807) is 23.9 Å². The molecule has 5 heteroatoms. The minimum Gasteiger partial charge on any atom is -0.469 e. The van der Waals surface area contributed by atoms with E-state index >= 15 is 0 Å². The maximum absolute atomic E-state index is 12.8. The number of methoxy groups -OCH3 is 1. The van der Waals surface area contributed by atoms with Crippen molar-refractivity contribution >= 4 is 17.7 Å². The number of likely N-dealkylation sites (tertiary alicyclic amines) is 1. The lowest BCUT2D eigenvalue weighted by molar-refractivity contribution is -0.147. The molecular weight excluding hydrogens is 277 g/mol. The van der Waals surface area contributed by atoms with Gasteiger partial charge in [0.25, 0.3) is 0 Å². The quantitative estimate of drug-likeness (QED) is 0.617. The van der Waals surface area contributed by atoms with Gasteiger partial charge in [0.1, 0.15) is 5.82 Å². The summed E-state index contributed by atoms with van der Waals surface area (Å²) in [4.78, 5) is 14.9. The van der Waals surface area contributed by atoms with Crippen molar-refractivity contribution in [1.82, 2.24) is 4.90 Å². The molecule has 1 atom stereocenters. The Kier molecular flexibility index (Phi) is 5.86. The van der Waals surface area contributed by atoms with E-state index in [1.165, 1.54) is 19.2 Å². The first-order valence-corrected chi connectivity index (χ1v) is 7.86. The maximum atomic E-state index is 12.8. The van der Waals surface area contributed by atoms with Gasteiger partial charge in [0, 0.05) is 23.7 Å². The van der Waals surface area contributed by atoms with Gasteiger partial charge in [-0.1, -0.05) is 0 Å². The van der Waals surface area contributed by atoms with Gasteiger partial charge in [0.2, 0.25) is 0 Å². The Hall–Kier alpha value is -1.07. The Labute approximate surface area is 123 Å². The number of carbonyl (C=O) groups is 1. The Bertz CT molecular complexity index is 438. The summed E-state index contributed by atoms with van der Waals surface area (Å²) >= 11 is 1.71. The van der Waals surface area contributed by atoms with E-state index in [4.69, 9.17) is 4.74 Å². The summed E-state index contributed by atoms with van der Waals surface area (Å²) < 4.78 is 17.6. The van der Waals surface area contributed by atoms with Gasteiger partial charge in [-0.05, 0) is 43.7 Å². The van der Waals surface area contributed by atoms with Gasteiger partial charge in [0.15, 0.2) is 0 Å². The fraction of sp³-hybridized carbons (Fsp3) is 0.533. The minimum absolute atomic E-state index is 0.0181. The number of benzene rings is 1. The predicted octanol–water partition coefficient (Wildman–Crippen LogP) is 2.80. The highest BCUT2D eigenvalue weighted by Crippen LogP contribution is 2.21. The van der Waals surface area contributed by atoms with Crippen LogP contribution in [0.25, 0.3) is 0 Å². The van der Waals surface area contributed by atoms with Crippen LogP contribution in [0.1, 0.15) is 12.8 Å². The van der Waals surface area contributed by atoms with E-state index < -0.39 is 0 Å². The summed E-state index contributed by atoms with van der Waals surface area (Å²) in [6, 6.07) is 6.56. The number of hydrogen-bond donors (Lipinski definition) is 0. The van der Waals surface area contributed by atoms with Gasteiger partial charge in [-0.15, -0.1) is 11.8 Å². The van der Waals surface area contributed by atoms with Gasteiger partial charge in [0.05, 0.1) is 13.0 Å². The number of piperidine rings is 1. The Morgan fingerprint density at radius 3 is 2.90 bits per heavy atom. The van der Waals surface area contributed by atoms with E-state index in [0.717, 1.165) is 43.1 Å². The second kappa shape index (κ2) is 7.64. The fourth-order valence-electron chi connectivity index (χ4n) is 2.44. The van der Waals surface area contributed by atoms with Crippen molar-refractivity contribution in [3.8, 4) is 0 Å². The molecule has 1 aromatic carbocycles. The second-order valence-corrected chi connectivity index (χ2v) is 6.13. The van der Waals surface area contributed by atoms with Crippen molar-refractivity contribution in [2.45, 2.75) is 17.7 Å². The number of halogens is 1. The van der Waals surface area contributed by atoms with Crippen molar-refractivity contribution in [3.05, 3.63) is 30.1 Å². The molecule has 0 spiro atoms. The summed E-state index contributed by atoms with van der Waals surface area (Å²) in [7, 11) is 1.45. The largest absolute Gasteiger partial charge is 0.469 e. The summed E-state index contributed by atoms with van der Waals surface area (Å²) in [5.41, 5.74) is 0. The molecule has 0 bridgehead atoms. The summed E-state index contributed by atoms with van der Waals surface area (Å²) in [6.45, 7) is 2.77. The topological polar surface area (TPSA) is 29.5 Å². The monoisotopic (exact) mass is 297 g/mol. The molecule has 20 heavy (non-hydrogen) atoms. The highest BCUT2D eigenvalue weighted by atomic mass is 32.2. The molecule has 3 nitrogen and oxygen atoms in total. The molecule has 2 rings (SSSR count). The first kappa shape index (κ1) is 15.3. The summed E-state index contributed by atoms with van der Waals surface area (Å²) in [5, 5.41) is 0. The zero-order chi connectivity index (χ0) is 14.4. The summed E-state index contributed by atoms with van der Waals surface area (Å²) in [6.07, 6.45) is 1.97. The van der Waals surface area contributed by atoms with Crippen LogP contribution in [0.2, 0.25) is 0 Å². The van der Waals surface area contributed by atoms with E-state index in [-0.39, 0.29) is 17.7 Å². The van der Waals surface area contributed by atoms with Gasteiger partial charge < -0.3 is 9.64 Å². The molecule has 1 fully saturated rings. The standard InChI is InChI=1S/C15H20FNO2S/c1-19-15(18)12-3-2-8-17(11-12)9-10-20-14-6-4-13(16)5-7-14/h4-7,12H,2-3,8-11H2,1H3/t12-/m0/s1. The van der Waals surface area contributed by atoms with Crippen LogP contribution in [0, 0.1) is 11.7 Å². The highest BCUT2D eigenvalue weighted by molar-refractivity contribution is 7.99.